The molecule has 0 radical (unpaired) electrons. The van der Waals surface area contributed by atoms with Crippen LogP contribution < -0.4 is 15.4 Å². The summed E-state index contributed by atoms with van der Waals surface area (Å²) in [6.07, 6.45) is 1.74. The number of nitrogens with zero attached hydrogens (tertiary/aromatic N) is 1. The second-order valence-electron chi connectivity index (χ2n) is 4.98. The number of carbonyl (C=O) groups is 1. The van der Waals surface area contributed by atoms with Gasteiger partial charge in [-0.05, 0) is 24.3 Å². The zero-order valence-electron chi connectivity index (χ0n) is 12.7. The van der Waals surface area contributed by atoms with Gasteiger partial charge < -0.3 is 15.4 Å². The molecule has 0 aliphatic rings. The van der Waals surface area contributed by atoms with Crippen molar-refractivity contribution in [2.24, 2.45) is 0 Å². The zero-order valence-corrected chi connectivity index (χ0v) is 12.7. The van der Waals surface area contributed by atoms with Crippen LogP contribution in [0.3, 0.4) is 0 Å². The van der Waals surface area contributed by atoms with Crippen molar-refractivity contribution in [1.29, 1.82) is 0 Å². The van der Waals surface area contributed by atoms with Crippen LogP contribution in [0.1, 0.15) is 0 Å². The Morgan fingerprint density at radius 1 is 1.04 bits per heavy atom. The summed E-state index contributed by atoms with van der Waals surface area (Å²) in [5.41, 5.74) is 2.33. The first-order chi connectivity index (χ1) is 11.3. The van der Waals surface area contributed by atoms with Crippen LogP contribution in [-0.2, 0) is 4.79 Å². The third-order valence-electron chi connectivity index (χ3n) is 3.45. The van der Waals surface area contributed by atoms with E-state index in [-0.39, 0.29) is 12.5 Å². The lowest BCUT2D eigenvalue weighted by Crippen LogP contribution is -2.22. The molecule has 0 bridgehead atoms. The normalized spacial score (nSPS) is 10.3. The van der Waals surface area contributed by atoms with Crippen LogP contribution in [0.15, 0.2) is 60.8 Å². The van der Waals surface area contributed by atoms with Crippen molar-refractivity contribution in [3.8, 4) is 5.75 Å². The fourth-order valence-corrected chi connectivity index (χ4v) is 2.36. The Labute approximate surface area is 134 Å². The molecule has 2 N–H and O–H groups in total. The minimum atomic E-state index is -0.151. The van der Waals surface area contributed by atoms with E-state index in [0.29, 0.717) is 11.4 Å². The molecule has 0 spiro atoms. The summed E-state index contributed by atoms with van der Waals surface area (Å²) >= 11 is 0. The smallest absolute Gasteiger partial charge is 0.243 e. The minimum absolute atomic E-state index is 0.147. The number of anilines is 2. The van der Waals surface area contributed by atoms with Crippen LogP contribution in [0.4, 0.5) is 11.4 Å². The number of fused-ring (bicyclic) bond motifs is 1. The Morgan fingerprint density at radius 3 is 2.70 bits per heavy atom. The van der Waals surface area contributed by atoms with Gasteiger partial charge >= 0.3 is 0 Å². The number of rotatable bonds is 5. The highest BCUT2D eigenvalue weighted by molar-refractivity contribution is 5.97. The molecule has 0 aliphatic heterocycles. The molecule has 1 heterocycles. The predicted molar refractivity (Wildman–Crippen MR) is 91.9 cm³/mol. The summed E-state index contributed by atoms with van der Waals surface area (Å²) in [7, 11) is 1.57. The molecular weight excluding hydrogens is 290 g/mol. The second kappa shape index (κ2) is 6.79. The van der Waals surface area contributed by atoms with Crippen LogP contribution in [-0.4, -0.2) is 24.5 Å². The van der Waals surface area contributed by atoms with E-state index in [4.69, 9.17) is 4.74 Å². The van der Waals surface area contributed by atoms with E-state index in [1.807, 2.05) is 42.5 Å². The van der Waals surface area contributed by atoms with Gasteiger partial charge in [-0.15, -0.1) is 0 Å². The molecule has 0 unspecified atom stereocenters. The fraction of sp³-hybridized carbons (Fsp3) is 0.111. The molecule has 5 heteroatoms. The van der Waals surface area contributed by atoms with Crippen LogP contribution in [0.25, 0.3) is 10.9 Å². The minimum Gasteiger partial charge on any atom is -0.495 e. The Bertz CT molecular complexity index is 828. The molecule has 1 amide bonds. The Balaban J connectivity index is 1.69. The molecule has 5 nitrogen and oxygen atoms in total. The number of aromatic nitrogens is 1. The highest BCUT2D eigenvalue weighted by atomic mass is 16.5. The van der Waals surface area contributed by atoms with Crippen molar-refractivity contribution in [2.45, 2.75) is 0 Å². The van der Waals surface area contributed by atoms with Gasteiger partial charge in [-0.2, -0.15) is 0 Å². The average Bonchev–Trinajstić information content (AvgIpc) is 2.60. The third kappa shape index (κ3) is 3.40. The molecular formula is C18H17N3O2. The summed E-state index contributed by atoms with van der Waals surface area (Å²) in [4.78, 5) is 16.5. The summed E-state index contributed by atoms with van der Waals surface area (Å²) in [5.74, 6) is 0.482. The van der Waals surface area contributed by atoms with Crippen LogP contribution in [0.5, 0.6) is 5.75 Å². The Morgan fingerprint density at radius 2 is 1.83 bits per heavy atom. The lowest BCUT2D eigenvalue weighted by molar-refractivity contribution is -0.114. The maximum absolute atomic E-state index is 12.1. The van der Waals surface area contributed by atoms with E-state index in [2.05, 4.69) is 15.6 Å². The Hall–Kier alpha value is -3.08. The molecule has 0 saturated heterocycles. The van der Waals surface area contributed by atoms with Crippen LogP contribution in [0, 0.1) is 0 Å². The quantitative estimate of drug-likeness (QED) is 0.759. The van der Waals surface area contributed by atoms with Gasteiger partial charge in [-0.1, -0.05) is 30.3 Å². The lowest BCUT2D eigenvalue weighted by Gasteiger charge is -2.11. The molecule has 0 fully saturated rings. The monoisotopic (exact) mass is 307 g/mol. The van der Waals surface area contributed by atoms with E-state index in [1.54, 1.807) is 25.4 Å². The van der Waals surface area contributed by atoms with Crippen molar-refractivity contribution in [2.75, 3.05) is 24.3 Å². The molecule has 0 atom stereocenters. The van der Waals surface area contributed by atoms with Crippen LogP contribution >= 0.6 is 0 Å². The van der Waals surface area contributed by atoms with Gasteiger partial charge in [0.1, 0.15) is 5.75 Å². The van der Waals surface area contributed by atoms with E-state index in [9.17, 15) is 4.79 Å². The number of pyridine rings is 1. The third-order valence-corrected chi connectivity index (χ3v) is 3.45. The molecule has 1 aromatic heterocycles. The van der Waals surface area contributed by atoms with Crippen molar-refractivity contribution in [3.05, 3.63) is 60.8 Å². The molecule has 2 aromatic carbocycles. The molecule has 23 heavy (non-hydrogen) atoms. The highest BCUT2D eigenvalue weighted by Crippen LogP contribution is 2.23. The van der Waals surface area contributed by atoms with Crippen molar-refractivity contribution >= 4 is 28.2 Å². The van der Waals surface area contributed by atoms with Crippen molar-refractivity contribution in [3.63, 3.8) is 0 Å². The van der Waals surface area contributed by atoms with Gasteiger partial charge in [-0.25, -0.2) is 0 Å². The highest BCUT2D eigenvalue weighted by Gasteiger charge is 2.08. The number of para-hydroxylation sites is 3. The van der Waals surface area contributed by atoms with Crippen molar-refractivity contribution in [1.82, 2.24) is 4.98 Å². The van der Waals surface area contributed by atoms with E-state index in [0.717, 1.165) is 16.6 Å². The number of methoxy groups -OCH3 is 1. The summed E-state index contributed by atoms with van der Waals surface area (Å²) in [6, 6.07) is 17.0. The predicted octanol–water partition coefficient (Wildman–Crippen LogP) is 3.29. The molecule has 3 aromatic rings. The van der Waals surface area contributed by atoms with Gasteiger partial charge in [0.2, 0.25) is 5.91 Å². The summed E-state index contributed by atoms with van der Waals surface area (Å²) < 4.78 is 5.22. The van der Waals surface area contributed by atoms with Gasteiger partial charge in [0.25, 0.3) is 0 Å². The first-order valence-corrected chi connectivity index (χ1v) is 7.28. The van der Waals surface area contributed by atoms with Crippen LogP contribution in [0.2, 0.25) is 0 Å². The number of benzene rings is 2. The average molecular weight is 307 g/mol. The fourth-order valence-electron chi connectivity index (χ4n) is 2.36. The van der Waals surface area contributed by atoms with E-state index < -0.39 is 0 Å². The maximum atomic E-state index is 12.1. The first-order valence-electron chi connectivity index (χ1n) is 7.28. The number of hydrogen-bond acceptors (Lipinski definition) is 4. The number of nitrogens with one attached hydrogen (secondary N) is 2. The number of hydrogen-bond donors (Lipinski definition) is 2. The van der Waals surface area contributed by atoms with E-state index >= 15 is 0 Å². The standard InChI is InChI=1S/C18H17N3O2/c1-23-16-10-3-2-8-14(16)21-17(22)12-20-15-9-4-6-13-7-5-11-19-18(13)15/h2-11,20H,12H2,1H3,(H,21,22). The summed E-state index contributed by atoms with van der Waals surface area (Å²) in [5, 5.41) is 6.99. The molecule has 116 valence electrons. The number of amides is 1. The van der Waals surface area contributed by atoms with E-state index in [1.165, 1.54) is 0 Å². The van der Waals surface area contributed by atoms with Gasteiger partial charge in [0, 0.05) is 11.6 Å². The maximum Gasteiger partial charge on any atom is 0.243 e. The molecule has 3 rings (SSSR count). The Kier molecular flexibility index (Phi) is 4.38. The summed E-state index contributed by atoms with van der Waals surface area (Å²) in [6.45, 7) is 0.147. The molecule has 0 aliphatic carbocycles. The van der Waals surface area contributed by atoms with Crippen molar-refractivity contribution < 1.29 is 9.53 Å². The van der Waals surface area contributed by atoms with Gasteiger partial charge in [-0.3, -0.25) is 9.78 Å². The number of ether oxygens (including phenoxy) is 1. The largest absolute Gasteiger partial charge is 0.495 e. The van der Waals surface area contributed by atoms with Gasteiger partial charge in [0.15, 0.2) is 0 Å². The lowest BCUT2D eigenvalue weighted by atomic mass is 10.2. The topological polar surface area (TPSA) is 63.2 Å². The first kappa shape index (κ1) is 14.8. The zero-order chi connectivity index (χ0) is 16.1. The van der Waals surface area contributed by atoms with Gasteiger partial charge in [0.05, 0.1) is 30.5 Å². The second-order valence-corrected chi connectivity index (χ2v) is 4.98. The number of carbonyl (C=O) groups excluding carboxylic acids is 1. The SMILES string of the molecule is COc1ccccc1NC(=O)CNc1cccc2cccnc12. The molecule has 0 saturated carbocycles.